The van der Waals surface area contributed by atoms with E-state index in [1.54, 1.807) is 30.3 Å². The molecule has 0 bridgehead atoms. The van der Waals surface area contributed by atoms with E-state index in [-0.39, 0.29) is 23.6 Å². The summed E-state index contributed by atoms with van der Waals surface area (Å²) in [5.41, 5.74) is 1.14. The molecule has 0 saturated carbocycles. The number of ketones is 1. The second-order valence-electron chi connectivity index (χ2n) is 5.32. The summed E-state index contributed by atoms with van der Waals surface area (Å²) in [5.74, 6) is -1.37. The molecule has 0 saturated heterocycles. The average molecular weight is 394 g/mol. The lowest BCUT2D eigenvalue weighted by atomic mass is 10.1. The zero-order valence-corrected chi connectivity index (χ0v) is 15.1. The topological polar surface area (TPSA) is 101 Å². The molecule has 2 aromatic rings. The number of halogens is 1. The normalized spacial score (nSPS) is 11.6. The van der Waals surface area contributed by atoms with E-state index in [2.05, 4.69) is 4.72 Å². The summed E-state index contributed by atoms with van der Waals surface area (Å²) in [6, 6.07) is 12.4. The Morgan fingerprint density at radius 2 is 1.65 bits per heavy atom. The van der Waals surface area contributed by atoms with Crippen LogP contribution >= 0.6 is 11.6 Å². The Kier molecular flexibility index (Phi) is 6.68. The molecule has 8 heteroatoms. The van der Waals surface area contributed by atoms with Crippen LogP contribution in [0.15, 0.2) is 59.5 Å². The van der Waals surface area contributed by atoms with Gasteiger partial charge in [-0.25, -0.2) is 13.1 Å². The lowest BCUT2D eigenvalue weighted by Crippen LogP contribution is -2.26. The summed E-state index contributed by atoms with van der Waals surface area (Å²) in [6.45, 7) is -0.206. The van der Waals surface area contributed by atoms with E-state index >= 15 is 0 Å². The third kappa shape index (κ3) is 5.80. The van der Waals surface area contributed by atoms with Crippen LogP contribution in [-0.4, -0.2) is 31.8 Å². The highest BCUT2D eigenvalue weighted by atomic mass is 35.5. The minimum absolute atomic E-state index is 0.0406. The number of rotatable bonds is 8. The third-order valence-corrected chi connectivity index (χ3v) is 5.11. The molecule has 2 N–H and O–H groups in total. The molecule has 0 spiro atoms. The number of benzene rings is 2. The van der Waals surface area contributed by atoms with Crippen LogP contribution in [0.5, 0.6) is 0 Å². The molecule has 2 rings (SSSR count). The fourth-order valence-corrected chi connectivity index (χ4v) is 3.17. The fourth-order valence-electron chi connectivity index (χ4n) is 2.02. The lowest BCUT2D eigenvalue weighted by Gasteiger charge is -2.06. The number of nitrogens with one attached hydrogen (secondary N) is 1. The molecular formula is C18H16ClNO5S. The van der Waals surface area contributed by atoms with Crippen molar-refractivity contribution in [1.29, 1.82) is 0 Å². The highest BCUT2D eigenvalue weighted by Gasteiger charge is 2.14. The van der Waals surface area contributed by atoms with Crippen molar-refractivity contribution in [2.24, 2.45) is 0 Å². The van der Waals surface area contributed by atoms with Gasteiger partial charge in [-0.05, 0) is 48.0 Å². The van der Waals surface area contributed by atoms with Gasteiger partial charge < -0.3 is 5.11 Å². The molecule has 0 fully saturated rings. The van der Waals surface area contributed by atoms with Crippen molar-refractivity contribution in [3.8, 4) is 0 Å². The van der Waals surface area contributed by atoms with Crippen LogP contribution in [0.4, 0.5) is 0 Å². The molecule has 0 atom stereocenters. The number of hydrogen-bond donors (Lipinski definition) is 2. The molecule has 0 amide bonds. The van der Waals surface area contributed by atoms with Crippen molar-refractivity contribution in [3.05, 3.63) is 70.8 Å². The Morgan fingerprint density at radius 3 is 2.23 bits per heavy atom. The first kappa shape index (κ1) is 19.8. The van der Waals surface area contributed by atoms with Gasteiger partial charge in [0.1, 0.15) is 0 Å². The second-order valence-corrected chi connectivity index (χ2v) is 7.52. The Bertz CT molecular complexity index is 919. The first-order valence-electron chi connectivity index (χ1n) is 7.57. The molecule has 136 valence electrons. The highest BCUT2D eigenvalue weighted by molar-refractivity contribution is 7.89. The van der Waals surface area contributed by atoms with Crippen molar-refractivity contribution in [2.75, 3.05) is 6.54 Å². The average Bonchev–Trinajstić information content (AvgIpc) is 2.60. The minimum Gasteiger partial charge on any atom is -0.481 e. The largest absolute Gasteiger partial charge is 0.481 e. The predicted octanol–water partition coefficient (Wildman–Crippen LogP) is 2.99. The summed E-state index contributed by atoms with van der Waals surface area (Å²) in [5, 5.41) is 9.14. The van der Waals surface area contributed by atoms with Crippen molar-refractivity contribution < 1.29 is 23.1 Å². The van der Waals surface area contributed by atoms with Gasteiger partial charge in [0.05, 0.1) is 11.3 Å². The van der Waals surface area contributed by atoms with E-state index in [4.69, 9.17) is 16.7 Å². The van der Waals surface area contributed by atoms with Crippen LogP contribution in [0, 0.1) is 0 Å². The first-order valence-corrected chi connectivity index (χ1v) is 9.43. The first-order chi connectivity index (χ1) is 12.3. The summed E-state index contributed by atoms with van der Waals surface area (Å²) >= 11 is 5.79. The van der Waals surface area contributed by atoms with Crippen LogP contribution in [0.3, 0.4) is 0 Å². The smallest absolute Gasteiger partial charge is 0.304 e. The molecule has 2 aromatic carbocycles. The zero-order valence-electron chi connectivity index (χ0n) is 13.6. The van der Waals surface area contributed by atoms with Crippen LogP contribution in [0.2, 0.25) is 5.02 Å². The number of carboxylic acids is 1. The van der Waals surface area contributed by atoms with Gasteiger partial charge in [0.15, 0.2) is 5.78 Å². The van der Waals surface area contributed by atoms with E-state index in [1.807, 2.05) is 0 Å². The van der Waals surface area contributed by atoms with E-state index in [0.717, 1.165) is 5.56 Å². The van der Waals surface area contributed by atoms with Gasteiger partial charge >= 0.3 is 5.97 Å². The molecular weight excluding hydrogens is 378 g/mol. The lowest BCUT2D eigenvalue weighted by molar-refractivity contribution is -0.136. The standard InChI is InChI=1S/C18H16ClNO5S/c19-15-6-1-13(2-7-15)3-10-17(21)14-4-8-16(9-5-14)26(24,25)20-12-11-18(22)23/h1-10,20H,11-12H2,(H,22,23)/b10-3+. The van der Waals surface area contributed by atoms with Gasteiger partial charge in [0, 0.05) is 17.1 Å². The molecule has 0 unspecified atom stereocenters. The van der Waals surface area contributed by atoms with Crippen LogP contribution in [0.1, 0.15) is 22.3 Å². The molecule has 6 nitrogen and oxygen atoms in total. The minimum atomic E-state index is -3.81. The Hall–Kier alpha value is -2.48. The van der Waals surface area contributed by atoms with Crippen molar-refractivity contribution >= 4 is 39.5 Å². The van der Waals surface area contributed by atoms with Gasteiger partial charge in [-0.2, -0.15) is 0 Å². The zero-order chi connectivity index (χ0) is 19.2. The monoisotopic (exact) mass is 393 g/mol. The summed E-state index contributed by atoms with van der Waals surface area (Å²) in [4.78, 5) is 22.5. The Balaban J connectivity index is 2.04. The van der Waals surface area contributed by atoms with Crippen molar-refractivity contribution in [3.63, 3.8) is 0 Å². The fraction of sp³-hybridized carbons (Fsp3) is 0.111. The third-order valence-electron chi connectivity index (χ3n) is 3.38. The second kappa shape index (κ2) is 8.75. The Labute approximate surface area is 156 Å². The number of hydrogen-bond acceptors (Lipinski definition) is 4. The SMILES string of the molecule is O=C(O)CCNS(=O)(=O)c1ccc(C(=O)/C=C/c2ccc(Cl)cc2)cc1. The summed E-state index contributed by atoms with van der Waals surface area (Å²) in [7, 11) is -3.81. The molecule has 0 radical (unpaired) electrons. The Morgan fingerprint density at radius 1 is 1.04 bits per heavy atom. The van der Waals surface area contributed by atoms with Crippen LogP contribution in [-0.2, 0) is 14.8 Å². The number of carboxylic acid groups (broad SMARTS) is 1. The maximum Gasteiger partial charge on any atom is 0.304 e. The maximum atomic E-state index is 12.1. The quantitative estimate of drug-likeness (QED) is 0.530. The number of aliphatic carboxylic acids is 1. The van der Waals surface area contributed by atoms with E-state index in [1.165, 1.54) is 30.3 Å². The predicted molar refractivity (Wildman–Crippen MR) is 98.7 cm³/mol. The number of carbonyl (C=O) groups is 2. The molecule has 0 heterocycles. The highest BCUT2D eigenvalue weighted by Crippen LogP contribution is 2.13. The summed E-state index contributed by atoms with van der Waals surface area (Å²) < 4.78 is 26.2. The summed E-state index contributed by atoms with van der Waals surface area (Å²) in [6.07, 6.45) is 2.71. The van der Waals surface area contributed by atoms with Crippen molar-refractivity contribution in [1.82, 2.24) is 4.72 Å². The number of sulfonamides is 1. The molecule has 0 aromatic heterocycles. The maximum absolute atomic E-state index is 12.1. The van der Waals surface area contributed by atoms with E-state index in [9.17, 15) is 18.0 Å². The van der Waals surface area contributed by atoms with Crippen LogP contribution < -0.4 is 4.72 Å². The molecule has 0 aliphatic carbocycles. The number of allylic oxidation sites excluding steroid dienone is 1. The van der Waals surface area contributed by atoms with Gasteiger partial charge in [-0.3, -0.25) is 9.59 Å². The molecule has 0 aliphatic heterocycles. The molecule has 26 heavy (non-hydrogen) atoms. The van der Waals surface area contributed by atoms with E-state index in [0.29, 0.717) is 10.6 Å². The van der Waals surface area contributed by atoms with Crippen molar-refractivity contribution in [2.45, 2.75) is 11.3 Å². The number of carbonyl (C=O) groups excluding carboxylic acids is 1. The molecule has 0 aliphatic rings. The van der Waals surface area contributed by atoms with Gasteiger partial charge in [-0.1, -0.05) is 29.8 Å². The van der Waals surface area contributed by atoms with Gasteiger partial charge in [0.25, 0.3) is 0 Å². The van der Waals surface area contributed by atoms with E-state index < -0.39 is 16.0 Å². The van der Waals surface area contributed by atoms with Crippen LogP contribution in [0.25, 0.3) is 6.08 Å². The van der Waals surface area contributed by atoms with Gasteiger partial charge in [-0.15, -0.1) is 0 Å². The van der Waals surface area contributed by atoms with Gasteiger partial charge in [0.2, 0.25) is 10.0 Å².